The third kappa shape index (κ3) is 4.57. The minimum absolute atomic E-state index is 0.152. The van der Waals surface area contributed by atoms with Gasteiger partial charge in [0.05, 0.1) is 27.2 Å². The van der Waals surface area contributed by atoms with Gasteiger partial charge in [0.2, 0.25) is 15.9 Å². The number of nitrogens with zero attached hydrogens (tertiary/aromatic N) is 1. The lowest BCUT2D eigenvalue weighted by atomic mass is 10.2. The fourth-order valence-corrected chi connectivity index (χ4v) is 4.65. The van der Waals surface area contributed by atoms with Gasteiger partial charge in [-0.15, -0.1) is 0 Å². The second-order valence-corrected chi connectivity index (χ2v) is 8.57. The highest BCUT2D eigenvalue weighted by molar-refractivity contribution is 7.89. The average Bonchev–Trinajstić information content (AvgIpc) is 2.58. The SMILES string of the molecule is CCN(CC(=O)Nc1c(Cl)cccc1Cl)S(=O)(=O)c1cc(C)ccc1C. The average molecular weight is 415 g/mol. The van der Waals surface area contributed by atoms with Crippen LogP contribution in [-0.2, 0) is 14.8 Å². The summed E-state index contributed by atoms with van der Waals surface area (Å²) in [5.74, 6) is -0.518. The molecule has 0 aliphatic rings. The quantitative estimate of drug-likeness (QED) is 0.767. The summed E-state index contributed by atoms with van der Waals surface area (Å²) in [6.07, 6.45) is 0. The molecule has 1 amide bonds. The Kier molecular flexibility index (Phi) is 6.69. The Balaban J connectivity index is 2.25. The number of halogens is 2. The first-order valence-corrected chi connectivity index (χ1v) is 10.2. The number of hydrogen-bond acceptors (Lipinski definition) is 3. The van der Waals surface area contributed by atoms with E-state index in [9.17, 15) is 13.2 Å². The predicted molar refractivity (Wildman–Crippen MR) is 105 cm³/mol. The molecule has 5 nitrogen and oxygen atoms in total. The fraction of sp³-hybridized carbons (Fsp3) is 0.278. The van der Waals surface area contributed by atoms with E-state index < -0.39 is 15.9 Å². The van der Waals surface area contributed by atoms with E-state index in [4.69, 9.17) is 23.2 Å². The van der Waals surface area contributed by atoms with Gasteiger partial charge in [-0.05, 0) is 43.2 Å². The van der Waals surface area contributed by atoms with Crippen molar-refractivity contribution in [1.82, 2.24) is 4.31 Å². The van der Waals surface area contributed by atoms with E-state index in [1.165, 1.54) is 0 Å². The van der Waals surface area contributed by atoms with E-state index in [2.05, 4.69) is 5.32 Å². The van der Waals surface area contributed by atoms with Gasteiger partial charge in [0.25, 0.3) is 0 Å². The lowest BCUT2D eigenvalue weighted by molar-refractivity contribution is -0.116. The van der Waals surface area contributed by atoms with Gasteiger partial charge in [0.1, 0.15) is 0 Å². The van der Waals surface area contributed by atoms with Crippen LogP contribution in [0.4, 0.5) is 5.69 Å². The van der Waals surface area contributed by atoms with Gasteiger partial charge >= 0.3 is 0 Å². The molecular formula is C18H20Cl2N2O3S. The molecule has 0 spiro atoms. The Morgan fingerprint density at radius 3 is 2.31 bits per heavy atom. The molecule has 0 saturated heterocycles. The van der Waals surface area contributed by atoms with Gasteiger partial charge in [0, 0.05) is 6.54 Å². The molecule has 2 aromatic carbocycles. The molecule has 0 fully saturated rings. The number of carbonyl (C=O) groups is 1. The highest BCUT2D eigenvalue weighted by Gasteiger charge is 2.27. The summed E-state index contributed by atoms with van der Waals surface area (Å²) in [5, 5.41) is 3.15. The van der Waals surface area contributed by atoms with Gasteiger partial charge in [-0.3, -0.25) is 4.79 Å². The number of sulfonamides is 1. The molecule has 140 valence electrons. The summed E-state index contributed by atoms with van der Waals surface area (Å²) in [7, 11) is -3.81. The Hall–Kier alpha value is -1.60. The van der Waals surface area contributed by atoms with Crippen LogP contribution in [0.1, 0.15) is 18.1 Å². The van der Waals surface area contributed by atoms with Crippen LogP contribution >= 0.6 is 23.2 Å². The van der Waals surface area contributed by atoms with Crippen LogP contribution < -0.4 is 5.32 Å². The number of nitrogens with one attached hydrogen (secondary N) is 1. The first-order valence-electron chi connectivity index (χ1n) is 7.98. The molecule has 2 aromatic rings. The highest BCUT2D eigenvalue weighted by atomic mass is 35.5. The van der Waals surface area contributed by atoms with Gasteiger partial charge in [0.15, 0.2) is 0 Å². The van der Waals surface area contributed by atoms with E-state index in [-0.39, 0.29) is 33.7 Å². The Bertz CT molecular complexity index is 910. The lowest BCUT2D eigenvalue weighted by Gasteiger charge is -2.21. The summed E-state index contributed by atoms with van der Waals surface area (Å²) in [5.41, 5.74) is 1.72. The van der Waals surface area contributed by atoms with Gasteiger partial charge in [-0.25, -0.2) is 8.42 Å². The van der Waals surface area contributed by atoms with Crippen molar-refractivity contribution in [3.05, 3.63) is 57.6 Å². The Morgan fingerprint density at radius 1 is 1.12 bits per heavy atom. The second kappa shape index (κ2) is 8.39. The van der Waals surface area contributed by atoms with Crippen LogP contribution in [0.5, 0.6) is 0 Å². The molecule has 8 heteroatoms. The number of para-hydroxylation sites is 1. The molecule has 0 aliphatic heterocycles. The normalized spacial score (nSPS) is 11.6. The topological polar surface area (TPSA) is 66.5 Å². The van der Waals surface area contributed by atoms with Crippen molar-refractivity contribution in [3.63, 3.8) is 0 Å². The summed E-state index contributed by atoms with van der Waals surface area (Å²) in [6, 6.07) is 10.0. The number of anilines is 1. The lowest BCUT2D eigenvalue weighted by Crippen LogP contribution is -2.38. The van der Waals surface area contributed by atoms with Crippen LogP contribution in [0.3, 0.4) is 0 Å². The molecule has 2 rings (SSSR count). The van der Waals surface area contributed by atoms with Crippen molar-refractivity contribution in [1.29, 1.82) is 0 Å². The third-order valence-electron chi connectivity index (χ3n) is 3.86. The van der Waals surface area contributed by atoms with E-state index in [0.29, 0.717) is 5.56 Å². The zero-order valence-corrected chi connectivity index (χ0v) is 17.0. The smallest absolute Gasteiger partial charge is 0.243 e. The molecule has 1 N–H and O–H groups in total. The summed E-state index contributed by atoms with van der Waals surface area (Å²) in [4.78, 5) is 12.6. The highest BCUT2D eigenvalue weighted by Crippen LogP contribution is 2.30. The number of aryl methyl sites for hydroxylation is 2. The van der Waals surface area contributed by atoms with Gasteiger partial charge in [-0.2, -0.15) is 4.31 Å². The molecule has 0 radical (unpaired) electrons. The molecule has 0 heterocycles. The van der Waals surface area contributed by atoms with E-state index in [0.717, 1.165) is 9.87 Å². The van der Waals surface area contributed by atoms with E-state index in [1.54, 1.807) is 44.2 Å². The summed E-state index contributed by atoms with van der Waals surface area (Å²) < 4.78 is 27.0. The van der Waals surface area contributed by atoms with Crippen LogP contribution in [0.25, 0.3) is 0 Å². The second-order valence-electron chi connectivity index (χ2n) is 5.85. The van der Waals surface area contributed by atoms with Crippen LogP contribution in [0.15, 0.2) is 41.3 Å². The van der Waals surface area contributed by atoms with Crippen molar-refractivity contribution in [3.8, 4) is 0 Å². The Labute approximate surface area is 164 Å². The summed E-state index contributed by atoms with van der Waals surface area (Å²) >= 11 is 12.1. The number of likely N-dealkylation sites (N-methyl/N-ethyl adjacent to an activating group) is 1. The van der Waals surface area contributed by atoms with Crippen molar-refractivity contribution in [2.45, 2.75) is 25.7 Å². The fourth-order valence-electron chi connectivity index (χ4n) is 2.45. The molecule has 0 bridgehead atoms. The predicted octanol–water partition coefficient (Wildman–Crippen LogP) is 4.26. The standard InChI is InChI=1S/C18H20Cl2N2O3S/c1-4-22(26(24,25)16-10-12(2)8-9-13(16)3)11-17(23)21-18-14(19)6-5-7-15(18)20/h5-10H,4,11H2,1-3H3,(H,21,23). The van der Waals surface area contributed by atoms with Crippen LogP contribution in [0.2, 0.25) is 10.0 Å². The number of amides is 1. The van der Waals surface area contributed by atoms with Gasteiger partial charge in [-0.1, -0.05) is 48.3 Å². The van der Waals surface area contributed by atoms with Crippen molar-refractivity contribution < 1.29 is 13.2 Å². The van der Waals surface area contributed by atoms with Crippen molar-refractivity contribution in [2.75, 3.05) is 18.4 Å². The third-order valence-corrected chi connectivity index (χ3v) is 6.55. The largest absolute Gasteiger partial charge is 0.322 e. The number of rotatable bonds is 6. The Morgan fingerprint density at radius 2 is 1.73 bits per heavy atom. The number of benzene rings is 2. The zero-order valence-electron chi connectivity index (χ0n) is 14.7. The molecule has 26 heavy (non-hydrogen) atoms. The first-order chi connectivity index (χ1) is 12.2. The minimum Gasteiger partial charge on any atom is -0.322 e. The minimum atomic E-state index is -3.81. The van der Waals surface area contributed by atoms with Crippen molar-refractivity contribution >= 4 is 44.8 Å². The van der Waals surface area contributed by atoms with E-state index in [1.807, 2.05) is 13.0 Å². The maximum Gasteiger partial charge on any atom is 0.243 e. The number of carbonyl (C=O) groups excluding carboxylic acids is 1. The van der Waals surface area contributed by atoms with Crippen LogP contribution in [-0.4, -0.2) is 31.7 Å². The monoisotopic (exact) mass is 414 g/mol. The molecule has 0 aromatic heterocycles. The maximum absolute atomic E-state index is 13.0. The molecule has 0 saturated carbocycles. The number of hydrogen-bond donors (Lipinski definition) is 1. The molecular weight excluding hydrogens is 395 g/mol. The van der Waals surface area contributed by atoms with E-state index >= 15 is 0 Å². The molecule has 0 aliphatic carbocycles. The van der Waals surface area contributed by atoms with Crippen LogP contribution in [0, 0.1) is 13.8 Å². The maximum atomic E-state index is 13.0. The zero-order chi connectivity index (χ0) is 19.5. The van der Waals surface area contributed by atoms with Crippen molar-refractivity contribution in [2.24, 2.45) is 0 Å². The molecule has 0 unspecified atom stereocenters. The molecule has 0 atom stereocenters. The van der Waals surface area contributed by atoms with Gasteiger partial charge < -0.3 is 5.32 Å². The summed E-state index contributed by atoms with van der Waals surface area (Å²) in [6.45, 7) is 5.04. The first kappa shape index (κ1) is 20.7.